The predicted molar refractivity (Wildman–Crippen MR) is 84.1 cm³/mol. The summed E-state index contributed by atoms with van der Waals surface area (Å²) in [6.45, 7) is 0. The maximum atomic E-state index is 12.7. The van der Waals surface area contributed by atoms with Crippen molar-refractivity contribution < 1.29 is 9.53 Å². The van der Waals surface area contributed by atoms with Crippen molar-refractivity contribution in [2.24, 2.45) is 0 Å². The van der Waals surface area contributed by atoms with E-state index in [1.807, 2.05) is 42.5 Å². The smallest absolute Gasteiger partial charge is 0.167 e. The molecule has 0 spiro atoms. The summed E-state index contributed by atoms with van der Waals surface area (Å²) in [6.07, 6.45) is 4.09. The number of hydrogen-bond acceptors (Lipinski definition) is 2. The van der Waals surface area contributed by atoms with Crippen molar-refractivity contribution in [3.05, 3.63) is 65.2 Å². The molecule has 1 aliphatic rings. The minimum absolute atomic E-state index is 0.182. The van der Waals surface area contributed by atoms with E-state index in [0.29, 0.717) is 12.3 Å². The molecule has 0 unspecified atom stereocenters. The molecular weight excluding hydrogens is 260 g/mol. The average Bonchev–Trinajstić information content (AvgIpc) is 2.46. The van der Waals surface area contributed by atoms with Gasteiger partial charge in [0.05, 0.1) is 7.11 Å². The zero-order valence-corrected chi connectivity index (χ0v) is 12.3. The van der Waals surface area contributed by atoms with Crippen LogP contribution in [-0.4, -0.2) is 12.9 Å². The fourth-order valence-electron chi connectivity index (χ4n) is 2.94. The van der Waals surface area contributed by atoms with Gasteiger partial charge in [-0.1, -0.05) is 48.9 Å². The van der Waals surface area contributed by atoms with Gasteiger partial charge in [-0.3, -0.25) is 4.79 Å². The van der Waals surface area contributed by atoms with Crippen molar-refractivity contribution in [2.75, 3.05) is 7.11 Å². The number of Topliss-reactive ketones (excluding diaryl/α,β-unsaturated/α-hetero) is 1. The maximum Gasteiger partial charge on any atom is 0.167 e. The van der Waals surface area contributed by atoms with E-state index in [0.717, 1.165) is 16.9 Å². The van der Waals surface area contributed by atoms with Crippen LogP contribution in [0, 0.1) is 0 Å². The van der Waals surface area contributed by atoms with Crippen LogP contribution in [0.3, 0.4) is 0 Å². The molecule has 3 rings (SSSR count). The first-order chi connectivity index (χ1) is 10.3. The van der Waals surface area contributed by atoms with Gasteiger partial charge >= 0.3 is 0 Å². The van der Waals surface area contributed by atoms with E-state index in [-0.39, 0.29) is 5.78 Å². The first kappa shape index (κ1) is 13.9. The number of methoxy groups -OCH3 is 1. The van der Waals surface area contributed by atoms with Crippen molar-refractivity contribution in [1.29, 1.82) is 0 Å². The molecule has 2 aromatic rings. The van der Waals surface area contributed by atoms with Crippen LogP contribution in [0.2, 0.25) is 0 Å². The average molecular weight is 280 g/mol. The minimum atomic E-state index is 0.182. The van der Waals surface area contributed by atoms with Crippen LogP contribution in [0.5, 0.6) is 5.75 Å². The van der Waals surface area contributed by atoms with E-state index in [2.05, 4.69) is 6.07 Å². The fraction of sp³-hybridized carbons (Fsp3) is 0.316. The number of hydrogen-bond donors (Lipinski definition) is 0. The lowest BCUT2D eigenvalue weighted by molar-refractivity contribution is 0.0990. The normalized spacial score (nSPS) is 14.5. The Morgan fingerprint density at radius 3 is 2.52 bits per heavy atom. The van der Waals surface area contributed by atoms with Crippen molar-refractivity contribution in [3.63, 3.8) is 0 Å². The predicted octanol–water partition coefficient (Wildman–Crippen LogP) is 4.39. The van der Waals surface area contributed by atoms with Gasteiger partial charge in [0.25, 0.3) is 0 Å². The molecular formula is C19H20O2. The molecule has 0 heterocycles. The summed E-state index contributed by atoms with van der Waals surface area (Å²) >= 11 is 0. The monoisotopic (exact) mass is 280 g/mol. The van der Waals surface area contributed by atoms with Gasteiger partial charge in [-0.15, -0.1) is 0 Å². The third-order valence-corrected chi connectivity index (χ3v) is 4.35. The van der Waals surface area contributed by atoms with Crippen LogP contribution in [0.1, 0.15) is 46.7 Å². The van der Waals surface area contributed by atoms with Crippen molar-refractivity contribution in [1.82, 2.24) is 0 Å². The Labute approximate surface area is 125 Å². The van der Waals surface area contributed by atoms with Crippen molar-refractivity contribution >= 4 is 5.78 Å². The molecule has 0 aliphatic heterocycles. The maximum absolute atomic E-state index is 12.7. The summed E-state index contributed by atoms with van der Waals surface area (Å²) in [7, 11) is 1.64. The third kappa shape index (κ3) is 2.85. The number of carbonyl (C=O) groups excluding carboxylic acids is 1. The molecule has 1 fully saturated rings. The molecule has 21 heavy (non-hydrogen) atoms. The van der Waals surface area contributed by atoms with Crippen molar-refractivity contribution in [2.45, 2.75) is 31.6 Å². The van der Waals surface area contributed by atoms with Crippen LogP contribution in [0.15, 0.2) is 48.5 Å². The summed E-state index contributed by atoms with van der Waals surface area (Å²) in [5.41, 5.74) is 3.06. The van der Waals surface area contributed by atoms with Gasteiger partial charge < -0.3 is 4.74 Å². The van der Waals surface area contributed by atoms with Crippen LogP contribution < -0.4 is 4.74 Å². The molecule has 108 valence electrons. The topological polar surface area (TPSA) is 26.3 Å². The quantitative estimate of drug-likeness (QED) is 0.759. The van der Waals surface area contributed by atoms with Gasteiger partial charge in [0.2, 0.25) is 0 Å². The van der Waals surface area contributed by atoms with Gasteiger partial charge in [0.15, 0.2) is 5.78 Å². The van der Waals surface area contributed by atoms with Gasteiger partial charge in [0.1, 0.15) is 5.75 Å². The standard InChI is InChI=1S/C19H20O2/c1-21-19-12-5-2-7-15(19)13-18(20)17-11-4-3-10-16(17)14-8-6-9-14/h2-5,7,10-12,14H,6,8-9,13H2,1H3. The Bertz CT molecular complexity index is 642. The number of ether oxygens (including phenoxy) is 1. The molecule has 0 saturated heterocycles. The molecule has 2 aromatic carbocycles. The summed E-state index contributed by atoms with van der Waals surface area (Å²) < 4.78 is 5.34. The first-order valence-corrected chi connectivity index (χ1v) is 7.53. The molecule has 0 aromatic heterocycles. The van der Waals surface area contributed by atoms with Gasteiger partial charge in [0, 0.05) is 17.5 Å². The molecule has 2 heteroatoms. The molecule has 0 radical (unpaired) electrons. The lowest BCUT2D eigenvalue weighted by Gasteiger charge is -2.27. The number of rotatable bonds is 5. The Kier molecular flexibility index (Phi) is 4.05. The molecule has 2 nitrogen and oxygen atoms in total. The first-order valence-electron chi connectivity index (χ1n) is 7.53. The minimum Gasteiger partial charge on any atom is -0.496 e. The van der Waals surface area contributed by atoms with E-state index in [1.165, 1.54) is 24.8 Å². The zero-order valence-electron chi connectivity index (χ0n) is 12.3. The van der Waals surface area contributed by atoms with E-state index in [4.69, 9.17) is 4.74 Å². The van der Waals surface area contributed by atoms with Gasteiger partial charge in [-0.05, 0) is 30.4 Å². The fourth-order valence-corrected chi connectivity index (χ4v) is 2.94. The highest BCUT2D eigenvalue weighted by molar-refractivity contribution is 5.99. The van der Waals surface area contributed by atoms with Crippen LogP contribution in [-0.2, 0) is 6.42 Å². The van der Waals surface area contributed by atoms with E-state index in [1.54, 1.807) is 7.11 Å². The lowest BCUT2D eigenvalue weighted by atomic mass is 9.77. The van der Waals surface area contributed by atoms with E-state index >= 15 is 0 Å². The molecule has 1 saturated carbocycles. The Morgan fingerprint density at radius 2 is 1.81 bits per heavy atom. The number of carbonyl (C=O) groups is 1. The molecule has 1 aliphatic carbocycles. The second-order valence-electron chi connectivity index (χ2n) is 5.63. The van der Waals surface area contributed by atoms with Crippen molar-refractivity contribution in [3.8, 4) is 5.75 Å². The van der Waals surface area contributed by atoms with Gasteiger partial charge in [-0.2, -0.15) is 0 Å². The number of ketones is 1. The Balaban J connectivity index is 1.85. The summed E-state index contributed by atoms with van der Waals surface area (Å²) in [6, 6.07) is 15.8. The van der Waals surface area contributed by atoms with Crippen LogP contribution in [0.25, 0.3) is 0 Å². The van der Waals surface area contributed by atoms with Crippen LogP contribution in [0.4, 0.5) is 0 Å². The summed E-state index contributed by atoms with van der Waals surface area (Å²) in [4.78, 5) is 12.7. The SMILES string of the molecule is COc1ccccc1CC(=O)c1ccccc1C1CCC1. The lowest BCUT2D eigenvalue weighted by Crippen LogP contribution is -2.15. The van der Waals surface area contributed by atoms with Crippen LogP contribution >= 0.6 is 0 Å². The highest BCUT2D eigenvalue weighted by Gasteiger charge is 2.24. The number of para-hydroxylation sites is 1. The van der Waals surface area contributed by atoms with E-state index in [9.17, 15) is 4.79 Å². The molecule has 0 N–H and O–H groups in total. The molecule has 0 atom stereocenters. The summed E-state index contributed by atoms with van der Waals surface area (Å²) in [5, 5.41) is 0. The van der Waals surface area contributed by atoms with E-state index < -0.39 is 0 Å². The highest BCUT2D eigenvalue weighted by atomic mass is 16.5. The summed E-state index contributed by atoms with van der Waals surface area (Å²) in [5.74, 6) is 1.54. The Hall–Kier alpha value is -2.09. The molecule has 0 amide bonds. The second kappa shape index (κ2) is 6.13. The second-order valence-corrected chi connectivity index (χ2v) is 5.63. The highest BCUT2D eigenvalue weighted by Crippen LogP contribution is 2.38. The zero-order chi connectivity index (χ0) is 14.7. The number of benzene rings is 2. The van der Waals surface area contributed by atoms with Gasteiger partial charge in [-0.25, -0.2) is 0 Å². The third-order valence-electron chi connectivity index (χ3n) is 4.35. The largest absolute Gasteiger partial charge is 0.496 e. The Morgan fingerprint density at radius 1 is 1.10 bits per heavy atom. The molecule has 0 bridgehead atoms.